The molecule has 4 aromatic rings. The molecule has 0 aliphatic carbocycles. The second-order valence-corrected chi connectivity index (χ2v) is 8.28. The minimum Gasteiger partial charge on any atom is -0.479 e. The molecular formula is C24H21ClN4O4. The molecular weight excluding hydrogens is 444 g/mol. The molecule has 1 fully saturated rings. The van der Waals surface area contributed by atoms with Crippen molar-refractivity contribution < 1.29 is 14.6 Å². The second-order valence-electron chi connectivity index (χ2n) is 7.85. The van der Waals surface area contributed by atoms with Crippen LogP contribution in [0.2, 0.25) is 5.02 Å². The molecule has 1 atom stereocenters. The van der Waals surface area contributed by atoms with Crippen LogP contribution in [0.3, 0.4) is 0 Å². The van der Waals surface area contributed by atoms with E-state index < -0.39 is 17.6 Å². The lowest BCUT2D eigenvalue weighted by Crippen LogP contribution is -2.36. The molecule has 0 spiro atoms. The number of hydrogen-bond acceptors (Lipinski definition) is 5. The van der Waals surface area contributed by atoms with Gasteiger partial charge in [-0.3, -0.25) is 9.36 Å². The van der Waals surface area contributed by atoms with Crippen LogP contribution in [0.4, 0.5) is 5.69 Å². The van der Waals surface area contributed by atoms with Gasteiger partial charge in [-0.05, 0) is 35.4 Å². The van der Waals surface area contributed by atoms with E-state index in [0.717, 1.165) is 29.7 Å². The Hall–Kier alpha value is -3.62. The first-order chi connectivity index (χ1) is 16.0. The minimum atomic E-state index is -1.18. The number of rotatable bonds is 5. The number of benzene rings is 1. The molecule has 1 aromatic carbocycles. The number of ether oxygens (including phenoxy) is 1. The molecule has 5 rings (SSSR count). The van der Waals surface area contributed by atoms with E-state index >= 15 is 0 Å². The number of fused-ring (bicyclic) bond motifs is 1. The number of carboxylic acids is 1. The Morgan fingerprint density at radius 2 is 2.00 bits per heavy atom. The zero-order valence-corrected chi connectivity index (χ0v) is 18.3. The van der Waals surface area contributed by atoms with Gasteiger partial charge in [-0.25, -0.2) is 9.78 Å². The first-order valence-electron chi connectivity index (χ1n) is 10.5. The highest BCUT2D eigenvalue weighted by molar-refractivity contribution is 6.30. The number of nitrogens with zero attached hydrogens (tertiary/aromatic N) is 3. The maximum atomic E-state index is 13.0. The van der Waals surface area contributed by atoms with Crippen molar-refractivity contribution in [2.24, 2.45) is 0 Å². The molecule has 9 heteroatoms. The summed E-state index contributed by atoms with van der Waals surface area (Å²) in [4.78, 5) is 34.9. The molecule has 0 saturated carbocycles. The lowest BCUT2D eigenvalue weighted by Gasteiger charge is -2.28. The summed E-state index contributed by atoms with van der Waals surface area (Å²) in [5.41, 5.74) is 3.22. The highest BCUT2D eigenvalue weighted by atomic mass is 35.5. The third-order valence-corrected chi connectivity index (χ3v) is 6.06. The summed E-state index contributed by atoms with van der Waals surface area (Å²) < 4.78 is 6.63. The molecule has 1 saturated heterocycles. The van der Waals surface area contributed by atoms with E-state index in [2.05, 4.69) is 20.9 Å². The Morgan fingerprint density at radius 3 is 2.73 bits per heavy atom. The number of nitrogens with one attached hydrogen (secondary N) is 1. The topological polar surface area (TPSA) is 100 Å². The van der Waals surface area contributed by atoms with Crippen molar-refractivity contribution in [3.05, 3.63) is 82.0 Å². The van der Waals surface area contributed by atoms with Gasteiger partial charge in [0.1, 0.15) is 5.65 Å². The number of morpholine rings is 1. The van der Waals surface area contributed by atoms with Crippen LogP contribution in [0.25, 0.3) is 22.2 Å². The van der Waals surface area contributed by atoms with Gasteiger partial charge in [-0.1, -0.05) is 23.7 Å². The monoisotopic (exact) mass is 464 g/mol. The summed E-state index contributed by atoms with van der Waals surface area (Å²) in [5.74, 6) is -1.14. The Morgan fingerprint density at radius 1 is 1.18 bits per heavy atom. The SMILES string of the molecule is O=C(O)C(c1cccc(Cl)c1)n1ccc(-c2c[nH]c3ncc(N4CCOCC4)cc23)cc1=O. The molecule has 1 unspecified atom stereocenters. The highest BCUT2D eigenvalue weighted by Gasteiger charge is 2.23. The molecule has 33 heavy (non-hydrogen) atoms. The number of anilines is 1. The third-order valence-electron chi connectivity index (χ3n) is 5.83. The Kier molecular flexibility index (Phi) is 5.62. The third kappa shape index (κ3) is 4.10. The fourth-order valence-electron chi connectivity index (χ4n) is 4.20. The lowest BCUT2D eigenvalue weighted by molar-refractivity contribution is -0.139. The van der Waals surface area contributed by atoms with E-state index in [-0.39, 0.29) is 0 Å². The zero-order valence-electron chi connectivity index (χ0n) is 17.6. The zero-order chi connectivity index (χ0) is 22.9. The highest BCUT2D eigenvalue weighted by Crippen LogP contribution is 2.30. The van der Waals surface area contributed by atoms with Gasteiger partial charge in [-0.2, -0.15) is 0 Å². The van der Waals surface area contributed by atoms with Crippen LogP contribution in [-0.2, 0) is 9.53 Å². The predicted molar refractivity (Wildman–Crippen MR) is 126 cm³/mol. The van der Waals surface area contributed by atoms with Gasteiger partial charge in [0.25, 0.3) is 5.56 Å². The summed E-state index contributed by atoms with van der Waals surface area (Å²) in [6, 6.07) is 10.6. The summed E-state index contributed by atoms with van der Waals surface area (Å²) >= 11 is 6.04. The van der Waals surface area contributed by atoms with Crippen LogP contribution in [0.15, 0.2) is 65.8 Å². The van der Waals surface area contributed by atoms with Gasteiger partial charge < -0.3 is 19.7 Å². The standard InChI is InChI=1S/C24H21ClN4O4/c25-17-3-1-2-16(10-17)22(24(31)32)29-5-4-15(11-21(29)30)20-14-27-23-19(20)12-18(13-26-23)28-6-8-33-9-7-28/h1-5,10-14,22H,6-9H2,(H,26,27)(H,31,32). The van der Waals surface area contributed by atoms with Gasteiger partial charge >= 0.3 is 5.97 Å². The Labute approximate surface area is 194 Å². The maximum absolute atomic E-state index is 13.0. The lowest BCUT2D eigenvalue weighted by atomic mass is 10.0. The average Bonchev–Trinajstić information content (AvgIpc) is 3.24. The number of pyridine rings is 2. The molecule has 3 aromatic heterocycles. The number of aromatic nitrogens is 3. The summed E-state index contributed by atoms with van der Waals surface area (Å²) in [6.45, 7) is 2.94. The van der Waals surface area contributed by atoms with Crippen molar-refractivity contribution in [2.75, 3.05) is 31.2 Å². The molecule has 0 amide bonds. The van der Waals surface area contributed by atoms with E-state index in [1.807, 2.05) is 12.4 Å². The van der Waals surface area contributed by atoms with E-state index in [1.165, 1.54) is 16.8 Å². The average molecular weight is 465 g/mol. The number of carbonyl (C=O) groups is 1. The minimum absolute atomic E-state index is 0.408. The summed E-state index contributed by atoms with van der Waals surface area (Å²) in [6.07, 6.45) is 5.15. The molecule has 1 aliphatic rings. The largest absolute Gasteiger partial charge is 0.479 e. The Bertz CT molecular complexity index is 1390. The van der Waals surface area contributed by atoms with Crippen LogP contribution in [-0.4, -0.2) is 51.9 Å². The van der Waals surface area contributed by atoms with Crippen LogP contribution in [0, 0.1) is 0 Å². The number of halogens is 1. The Balaban J connectivity index is 1.54. The molecule has 0 bridgehead atoms. The fourth-order valence-corrected chi connectivity index (χ4v) is 4.39. The first kappa shape index (κ1) is 21.2. The van der Waals surface area contributed by atoms with Gasteiger partial charge in [0.2, 0.25) is 0 Å². The van der Waals surface area contributed by atoms with Crippen molar-refractivity contribution >= 4 is 34.3 Å². The van der Waals surface area contributed by atoms with E-state index in [0.29, 0.717) is 35.0 Å². The normalized spacial score (nSPS) is 15.0. The maximum Gasteiger partial charge on any atom is 0.331 e. The number of hydrogen-bond donors (Lipinski definition) is 2. The van der Waals surface area contributed by atoms with Crippen molar-refractivity contribution in [1.82, 2.24) is 14.5 Å². The van der Waals surface area contributed by atoms with Crippen LogP contribution in [0.5, 0.6) is 0 Å². The van der Waals surface area contributed by atoms with Crippen LogP contribution in [0.1, 0.15) is 11.6 Å². The molecule has 168 valence electrons. The van der Waals surface area contributed by atoms with Crippen LogP contribution >= 0.6 is 11.6 Å². The van der Waals surface area contributed by atoms with Crippen molar-refractivity contribution in [1.29, 1.82) is 0 Å². The van der Waals surface area contributed by atoms with E-state index in [4.69, 9.17) is 16.3 Å². The van der Waals surface area contributed by atoms with Gasteiger partial charge in [0, 0.05) is 47.5 Å². The molecule has 4 heterocycles. The molecule has 8 nitrogen and oxygen atoms in total. The smallest absolute Gasteiger partial charge is 0.331 e. The van der Waals surface area contributed by atoms with Gasteiger partial charge in [0.05, 0.1) is 25.1 Å². The van der Waals surface area contributed by atoms with Crippen molar-refractivity contribution in [3.63, 3.8) is 0 Å². The summed E-state index contributed by atoms with van der Waals surface area (Å²) in [7, 11) is 0. The van der Waals surface area contributed by atoms with Gasteiger partial charge in [-0.15, -0.1) is 0 Å². The first-order valence-corrected chi connectivity index (χ1v) is 10.9. The van der Waals surface area contributed by atoms with Crippen molar-refractivity contribution in [3.8, 4) is 11.1 Å². The fraction of sp³-hybridized carbons (Fsp3) is 0.208. The predicted octanol–water partition coefficient (Wildman–Crippen LogP) is 3.56. The second kappa shape index (κ2) is 8.73. The van der Waals surface area contributed by atoms with Crippen molar-refractivity contribution in [2.45, 2.75) is 6.04 Å². The number of H-pyrrole nitrogens is 1. The van der Waals surface area contributed by atoms with E-state index in [1.54, 1.807) is 30.3 Å². The van der Waals surface area contributed by atoms with Crippen LogP contribution < -0.4 is 10.5 Å². The summed E-state index contributed by atoms with van der Waals surface area (Å²) in [5, 5.41) is 11.1. The van der Waals surface area contributed by atoms with Gasteiger partial charge in [0.15, 0.2) is 6.04 Å². The molecule has 1 aliphatic heterocycles. The number of aromatic amines is 1. The number of aliphatic carboxylic acids is 1. The number of carboxylic acid groups (broad SMARTS) is 1. The molecule has 2 N–H and O–H groups in total. The van der Waals surface area contributed by atoms with E-state index in [9.17, 15) is 14.7 Å². The molecule has 0 radical (unpaired) electrons. The quantitative estimate of drug-likeness (QED) is 0.468.